The molecule has 0 aliphatic rings. The topological polar surface area (TPSA) is 127 Å². The van der Waals surface area contributed by atoms with Crippen molar-refractivity contribution in [3.63, 3.8) is 0 Å². The number of hydrogen-bond donors (Lipinski definition) is 3. The molecule has 0 saturated heterocycles. The minimum absolute atomic E-state index is 0.190. The Labute approximate surface area is 82.5 Å². The number of nitrogens with two attached hydrogens (primary N) is 1. The molecule has 4 N–H and O–H groups in total. The van der Waals surface area contributed by atoms with Crippen molar-refractivity contribution < 1.29 is 19.5 Å². The van der Waals surface area contributed by atoms with Crippen molar-refractivity contribution in [2.24, 2.45) is 0 Å². The van der Waals surface area contributed by atoms with Gasteiger partial charge >= 0.3 is 5.97 Å². The predicted molar refractivity (Wildman–Crippen MR) is 46.7 cm³/mol. The molecule has 8 heteroatoms. The number of aromatic hydroxyl groups is 1. The molecule has 0 saturated carbocycles. The first-order valence-electron chi connectivity index (χ1n) is 3.82. The van der Waals surface area contributed by atoms with E-state index in [-0.39, 0.29) is 11.6 Å². The molecule has 0 bridgehead atoms. The van der Waals surface area contributed by atoms with Crippen LogP contribution in [0.4, 0.5) is 5.82 Å². The fourth-order valence-electron chi connectivity index (χ4n) is 1.06. The van der Waals surface area contributed by atoms with Crippen LogP contribution in [0.3, 0.4) is 0 Å². The lowest BCUT2D eigenvalue weighted by Crippen LogP contribution is -2.03. The molecule has 0 amide bonds. The van der Waals surface area contributed by atoms with Gasteiger partial charge in [-0.15, -0.1) is 0 Å². The van der Waals surface area contributed by atoms with Crippen LogP contribution in [0.2, 0.25) is 0 Å². The summed E-state index contributed by atoms with van der Waals surface area (Å²) in [5.41, 5.74) is 4.91. The van der Waals surface area contributed by atoms with E-state index in [4.69, 9.17) is 10.8 Å². The van der Waals surface area contributed by atoms with Gasteiger partial charge in [0.2, 0.25) is 5.69 Å². The highest BCUT2D eigenvalue weighted by Crippen LogP contribution is 2.26. The van der Waals surface area contributed by atoms with Gasteiger partial charge in [0.1, 0.15) is 6.26 Å². The molecule has 0 unspecified atom stereocenters. The molecule has 15 heavy (non-hydrogen) atoms. The van der Waals surface area contributed by atoms with Gasteiger partial charge in [0.25, 0.3) is 0 Å². The standard InChI is InChI=1S/C7H6N4O4/c8-6-5(12)4(7(13)14)9-11(6)3-1-2-15-10-3/h1-2,12H,8H2,(H,13,14). The Kier molecular flexibility index (Phi) is 1.82. The summed E-state index contributed by atoms with van der Waals surface area (Å²) in [6, 6.07) is 1.43. The van der Waals surface area contributed by atoms with Gasteiger partial charge in [-0.2, -0.15) is 9.78 Å². The lowest BCUT2D eigenvalue weighted by atomic mass is 10.4. The van der Waals surface area contributed by atoms with Gasteiger partial charge in [-0.3, -0.25) is 0 Å². The number of nitrogens with zero attached hydrogens (tertiary/aromatic N) is 3. The number of anilines is 1. The van der Waals surface area contributed by atoms with Gasteiger partial charge in [0.05, 0.1) is 0 Å². The fraction of sp³-hybridized carbons (Fsp3) is 0. The summed E-state index contributed by atoms with van der Waals surface area (Å²) in [5.74, 6) is -1.98. The second-order valence-electron chi connectivity index (χ2n) is 2.66. The number of rotatable bonds is 2. The van der Waals surface area contributed by atoms with Crippen molar-refractivity contribution >= 4 is 11.8 Å². The van der Waals surface area contributed by atoms with E-state index in [1.165, 1.54) is 12.3 Å². The first-order chi connectivity index (χ1) is 7.11. The number of aromatic nitrogens is 3. The Balaban J connectivity index is 2.60. The average Bonchev–Trinajstić information content (AvgIpc) is 2.77. The van der Waals surface area contributed by atoms with E-state index < -0.39 is 17.4 Å². The maximum atomic E-state index is 10.6. The van der Waals surface area contributed by atoms with Crippen LogP contribution < -0.4 is 5.73 Å². The zero-order valence-corrected chi connectivity index (χ0v) is 7.28. The molecule has 0 fully saturated rings. The molecule has 0 atom stereocenters. The van der Waals surface area contributed by atoms with Crippen molar-refractivity contribution in [2.75, 3.05) is 5.73 Å². The van der Waals surface area contributed by atoms with E-state index in [0.29, 0.717) is 0 Å². The molecule has 2 rings (SSSR count). The number of hydrogen-bond acceptors (Lipinski definition) is 6. The minimum Gasteiger partial charge on any atom is -0.503 e. The van der Waals surface area contributed by atoms with E-state index >= 15 is 0 Å². The molecule has 2 aromatic heterocycles. The Morgan fingerprint density at radius 3 is 2.80 bits per heavy atom. The summed E-state index contributed by atoms with van der Waals surface area (Å²) < 4.78 is 5.51. The SMILES string of the molecule is Nc1c(O)c(C(=O)O)nn1-c1ccon1. The normalized spacial score (nSPS) is 10.4. The van der Waals surface area contributed by atoms with E-state index in [1.54, 1.807) is 0 Å². The number of carbonyl (C=O) groups is 1. The van der Waals surface area contributed by atoms with Crippen LogP contribution in [0, 0.1) is 0 Å². The first kappa shape index (κ1) is 9.06. The Bertz CT molecular complexity index is 501. The van der Waals surface area contributed by atoms with E-state index in [0.717, 1.165) is 4.68 Å². The number of carboxylic acid groups (broad SMARTS) is 1. The summed E-state index contributed by atoms with van der Waals surface area (Å²) in [6.45, 7) is 0. The Hall–Kier alpha value is -2.51. The van der Waals surface area contributed by atoms with Crippen molar-refractivity contribution in [3.05, 3.63) is 18.0 Å². The van der Waals surface area contributed by atoms with Crippen LogP contribution in [0.15, 0.2) is 16.9 Å². The minimum atomic E-state index is -1.37. The van der Waals surface area contributed by atoms with Crippen LogP contribution in [0.1, 0.15) is 10.5 Å². The molecular formula is C7H6N4O4. The van der Waals surface area contributed by atoms with Gasteiger partial charge in [0, 0.05) is 6.07 Å². The highest BCUT2D eigenvalue weighted by Gasteiger charge is 2.21. The van der Waals surface area contributed by atoms with E-state index in [1.807, 2.05) is 0 Å². The van der Waals surface area contributed by atoms with Gasteiger partial charge in [-0.05, 0) is 0 Å². The number of aromatic carboxylic acids is 1. The Morgan fingerprint density at radius 2 is 2.33 bits per heavy atom. The number of carboxylic acids is 1. The molecule has 0 aromatic carbocycles. The monoisotopic (exact) mass is 210 g/mol. The van der Waals surface area contributed by atoms with Gasteiger partial charge in [0.15, 0.2) is 17.4 Å². The highest BCUT2D eigenvalue weighted by molar-refractivity contribution is 5.90. The molecule has 78 valence electrons. The maximum absolute atomic E-state index is 10.6. The van der Waals surface area contributed by atoms with Crippen molar-refractivity contribution in [1.29, 1.82) is 0 Å². The van der Waals surface area contributed by atoms with Crippen molar-refractivity contribution in [2.45, 2.75) is 0 Å². The third-order valence-corrected chi connectivity index (χ3v) is 1.74. The predicted octanol–water partition coefficient (Wildman–Crippen LogP) is -0.154. The lowest BCUT2D eigenvalue weighted by Gasteiger charge is -1.95. The molecule has 0 radical (unpaired) electrons. The van der Waals surface area contributed by atoms with Crippen molar-refractivity contribution in [3.8, 4) is 11.6 Å². The third-order valence-electron chi connectivity index (χ3n) is 1.74. The molecule has 0 aliphatic heterocycles. The highest BCUT2D eigenvalue weighted by atomic mass is 16.5. The van der Waals surface area contributed by atoms with Crippen LogP contribution in [0.5, 0.6) is 5.75 Å². The van der Waals surface area contributed by atoms with Crippen LogP contribution >= 0.6 is 0 Å². The first-order valence-corrected chi connectivity index (χ1v) is 3.82. The smallest absolute Gasteiger partial charge is 0.360 e. The largest absolute Gasteiger partial charge is 0.503 e. The van der Waals surface area contributed by atoms with E-state index in [2.05, 4.69) is 14.8 Å². The van der Waals surface area contributed by atoms with Crippen LogP contribution in [-0.2, 0) is 0 Å². The van der Waals surface area contributed by atoms with Gasteiger partial charge < -0.3 is 20.5 Å². The summed E-state index contributed by atoms with van der Waals surface area (Å²) in [7, 11) is 0. The zero-order chi connectivity index (χ0) is 11.0. The number of nitrogen functional groups attached to an aromatic ring is 1. The van der Waals surface area contributed by atoms with Crippen LogP contribution in [-0.4, -0.2) is 31.1 Å². The zero-order valence-electron chi connectivity index (χ0n) is 7.28. The van der Waals surface area contributed by atoms with Crippen LogP contribution in [0.25, 0.3) is 5.82 Å². The van der Waals surface area contributed by atoms with Crippen molar-refractivity contribution in [1.82, 2.24) is 14.9 Å². The molecule has 2 aromatic rings. The molecule has 0 spiro atoms. The molecular weight excluding hydrogens is 204 g/mol. The Morgan fingerprint density at radius 1 is 1.60 bits per heavy atom. The second-order valence-corrected chi connectivity index (χ2v) is 2.66. The van der Waals surface area contributed by atoms with Gasteiger partial charge in [-0.1, -0.05) is 5.16 Å². The third kappa shape index (κ3) is 1.27. The molecule has 0 aliphatic carbocycles. The second kappa shape index (κ2) is 3.01. The molecule has 2 heterocycles. The summed E-state index contributed by atoms with van der Waals surface area (Å²) in [5, 5.41) is 25.1. The summed E-state index contributed by atoms with van der Waals surface area (Å²) in [6.07, 6.45) is 1.27. The van der Waals surface area contributed by atoms with Gasteiger partial charge in [-0.25, -0.2) is 4.79 Å². The quantitative estimate of drug-likeness (QED) is 0.628. The molecule has 8 nitrogen and oxygen atoms in total. The fourth-order valence-corrected chi connectivity index (χ4v) is 1.06. The van der Waals surface area contributed by atoms with E-state index in [9.17, 15) is 9.90 Å². The maximum Gasteiger partial charge on any atom is 0.360 e. The average molecular weight is 210 g/mol. The summed E-state index contributed by atoms with van der Waals surface area (Å²) >= 11 is 0. The summed E-state index contributed by atoms with van der Waals surface area (Å²) in [4.78, 5) is 10.6. The lowest BCUT2D eigenvalue weighted by molar-refractivity contribution is 0.0687.